The van der Waals surface area contributed by atoms with E-state index in [0.29, 0.717) is 13.1 Å². The molecule has 1 aliphatic rings. The lowest BCUT2D eigenvalue weighted by Gasteiger charge is -2.13. The number of nitrogens with one attached hydrogen (secondary N) is 3. The Labute approximate surface area is 167 Å². The van der Waals surface area contributed by atoms with Crippen LogP contribution in [-0.4, -0.2) is 45.7 Å². The van der Waals surface area contributed by atoms with Gasteiger partial charge in [0, 0.05) is 32.6 Å². The lowest BCUT2D eigenvalue weighted by atomic mass is 10.1. The van der Waals surface area contributed by atoms with Crippen LogP contribution >= 0.6 is 24.0 Å². The first-order valence-corrected chi connectivity index (χ1v) is 8.49. The number of nitrogens with zero attached hydrogens (tertiary/aromatic N) is 1. The largest absolute Gasteiger partial charge is 0.496 e. The molecule has 1 fully saturated rings. The Morgan fingerprint density at radius 3 is 2.52 bits per heavy atom. The van der Waals surface area contributed by atoms with E-state index in [1.165, 1.54) is 5.56 Å². The third kappa shape index (κ3) is 7.50. The van der Waals surface area contributed by atoms with Gasteiger partial charge in [0.1, 0.15) is 5.75 Å². The van der Waals surface area contributed by atoms with Gasteiger partial charge >= 0.3 is 0 Å². The van der Waals surface area contributed by atoms with Gasteiger partial charge in [0.25, 0.3) is 0 Å². The molecule has 0 atom stereocenters. The summed E-state index contributed by atoms with van der Waals surface area (Å²) in [5.74, 6) is 2.10. The number of benzene rings is 1. The zero-order chi connectivity index (χ0) is 17.4. The Hall–Kier alpha value is -1.51. The van der Waals surface area contributed by atoms with Gasteiger partial charge in [-0.3, -0.25) is 9.79 Å². The number of rotatable bonds is 8. The van der Waals surface area contributed by atoms with Crippen LogP contribution in [0.5, 0.6) is 5.75 Å². The third-order valence-corrected chi connectivity index (χ3v) is 4.07. The Morgan fingerprint density at radius 2 is 1.88 bits per heavy atom. The van der Waals surface area contributed by atoms with Crippen molar-refractivity contribution in [3.8, 4) is 5.75 Å². The van der Waals surface area contributed by atoms with Crippen LogP contribution in [0.3, 0.4) is 0 Å². The molecule has 1 saturated carbocycles. The molecule has 2 rings (SSSR count). The molecule has 1 amide bonds. The number of methoxy groups -OCH3 is 1. The van der Waals surface area contributed by atoms with Crippen molar-refractivity contribution in [1.29, 1.82) is 0 Å². The summed E-state index contributed by atoms with van der Waals surface area (Å²) in [5.41, 5.74) is 2.36. The zero-order valence-corrected chi connectivity index (χ0v) is 17.6. The molecule has 6 nitrogen and oxygen atoms in total. The molecule has 0 unspecified atom stereocenters. The lowest BCUT2D eigenvalue weighted by Crippen LogP contribution is -2.42. The summed E-state index contributed by atoms with van der Waals surface area (Å²) in [4.78, 5) is 15.7. The number of ether oxygens (including phenoxy) is 1. The zero-order valence-electron chi connectivity index (χ0n) is 15.2. The van der Waals surface area contributed by atoms with E-state index in [1.807, 2.05) is 6.92 Å². The summed E-state index contributed by atoms with van der Waals surface area (Å²) in [5, 5.41) is 9.41. The number of aryl methyl sites for hydroxylation is 1. The molecule has 3 N–H and O–H groups in total. The molecule has 0 saturated heterocycles. The minimum Gasteiger partial charge on any atom is -0.496 e. The Bertz CT molecular complexity index is 588. The second-order valence-electron chi connectivity index (χ2n) is 6.05. The molecule has 25 heavy (non-hydrogen) atoms. The van der Waals surface area contributed by atoms with Crippen molar-refractivity contribution in [1.82, 2.24) is 16.0 Å². The minimum absolute atomic E-state index is 0. The summed E-state index contributed by atoms with van der Waals surface area (Å²) in [6, 6.07) is 6.26. The van der Waals surface area contributed by atoms with Crippen LogP contribution in [0.4, 0.5) is 0 Å². The monoisotopic (exact) mass is 460 g/mol. The topological polar surface area (TPSA) is 74.8 Å². The van der Waals surface area contributed by atoms with E-state index in [-0.39, 0.29) is 35.8 Å². The number of halogens is 1. The predicted molar refractivity (Wildman–Crippen MR) is 112 cm³/mol. The van der Waals surface area contributed by atoms with Crippen molar-refractivity contribution in [2.45, 2.75) is 26.2 Å². The highest BCUT2D eigenvalue weighted by molar-refractivity contribution is 14.0. The number of carbonyl (C=O) groups excluding carboxylic acids is 1. The van der Waals surface area contributed by atoms with Gasteiger partial charge < -0.3 is 20.7 Å². The van der Waals surface area contributed by atoms with Crippen LogP contribution in [0, 0.1) is 12.8 Å². The molecule has 0 aliphatic heterocycles. The molecular formula is C18H29IN4O2. The summed E-state index contributed by atoms with van der Waals surface area (Å²) in [6.07, 6.45) is 2.95. The number of aliphatic imine (C=N–C) groups is 1. The molecule has 0 heterocycles. The fourth-order valence-corrected chi connectivity index (χ4v) is 2.42. The van der Waals surface area contributed by atoms with Crippen molar-refractivity contribution < 1.29 is 9.53 Å². The fraction of sp³-hybridized carbons (Fsp3) is 0.556. The van der Waals surface area contributed by atoms with Gasteiger partial charge in [-0.15, -0.1) is 24.0 Å². The molecule has 0 radical (unpaired) electrons. The minimum atomic E-state index is 0. The SMILES string of the molecule is CN=C(NCCNC(=O)C1CC1)NCCc1ccc(C)c(OC)c1.I. The first-order chi connectivity index (χ1) is 11.6. The van der Waals surface area contributed by atoms with Crippen LogP contribution < -0.4 is 20.7 Å². The van der Waals surface area contributed by atoms with Crippen molar-refractivity contribution in [3.63, 3.8) is 0 Å². The number of guanidine groups is 1. The van der Waals surface area contributed by atoms with E-state index in [9.17, 15) is 4.79 Å². The van der Waals surface area contributed by atoms with E-state index in [4.69, 9.17) is 4.74 Å². The highest BCUT2D eigenvalue weighted by Crippen LogP contribution is 2.28. The smallest absolute Gasteiger partial charge is 0.223 e. The molecule has 1 aromatic rings. The second kappa shape index (κ2) is 11.2. The van der Waals surface area contributed by atoms with Gasteiger partial charge in [0.15, 0.2) is 5.96 Å². The van der Waals surface area contributed by atoms with E-state index in [2.05, 4.69) is 39.1 Å². The number of hydrogen-bond acceptors (Lipinski definition) is 3. The van der Waals surface area contributed by atoms with Gasteiger partial charge in [-0.05, 0) is 43.4 Å². The van der Waals surface area contributed by atoms with Crippen molar-refractivity contribution >= 4 is 35.8 Å². The Kier molecular flexibility index (Phi) is 9.62. The Balaban J connectivity index is 0.00000312. The number of hydrogen-bond donors (Lipinski definition) is 3. The predicted octanol–water partition coefficient (Wildman–Crippen LogP) is 1.86. The van der Waals surface area contributed by atoms with Gasteiger partial charge in [0.05, 0.1) is 7.11 Å². The quantitative estimate of drug-likeness (QED) is 0.240. The van der Waals surface area contributed by atoms with Gasteiger partial charge in [-0.1, -0.05) is 12.1 Å². The summed E-state index contributed by atoms with van der Waals surface area (Å²) >= 11 is 0. The average molecular weight is 460 g/mol. The van der Waals surface area contributed by atoms with Crippen LogP contribution in [0.1, 0.15) is 24.0 Å². The normalized spacial score (nSPS) is 13.6. The van der Waals surface area contributed by atoms with Crippen molar-refractivity contribution in [2.24, 2.45) is 10.9 Å². The summed E-state index contributed by atoms with van der Waals surface area (Å²) < 4.78 is 5.35. The standard InChI is InChI=1S/C18H28N4O2.HI/c1-13-4-5-14(12-16(13)24-3)8-9-21-18(19-2)22-11-10-20-17(23)15-6-7-15;/h4-5,12,15H,6-11H2,1-3H3,(H,20,23)(H2,19,21,22);1H. The van der Waals surface area contributed by atoms with Crippen molar-refractivity contribution in [2.75, 3.05) is 33.8 Å². The van der Waals surface area contributed by atoms with Crippen molar-refractivity contribution in [3.05, 3.63) is 29.3 Å². The Morgan fingerprint density at radius 1 is 1.20 bits per heavy atom. The van der Waals surface area contributed by atoms with E-state index < -0.39 is 0 Å². The first kappa shape index (κ1) is 21.5. The van der Waals surface area contributed by atoms with Crippen LogP contribution in [0.25, 0.3) is 0 Å². The van der Waals surface area contributed by atoms with Crippen LogP contribution in [-0.2, 0) is 11.2 Å². The van der Waals surface area contributed by atoms with E-state index in [0.717, 1.165) is 43.1 Å². The first-order valence-electron chi connectivity index (χ1n) is 8.49. The van der Waals surface area contributed by atoms with Crippen LogP contribution in [0.2, 0.25) is 0 Å². The molecule has 140 valence electrons. The highest BCUT2D eigenvalue weighted by Gasteiger charge is 2.28. The molecular weight excluding hydrogens is 431 g/mol. The number of carbonyl (C=O) groups is 1. The van der Waals surface area contributed by atoms with Gasteiger partial charge in [0.2, 0.25) is 5.91 Å². The maximum absolute atomic E-state index is 11.5. The molecule has 0 spiro atoms. The van der Waals surface area contributed by atoms with Gasteiger partial charge in [-0.2, -0.15) is 0 Å². The number of amides is 1. The second-order valence-corrected chi connectivity index (χ2v) is 6.05. The maximum Gasteiger partial charge on any atom is 0.223 e. The third-order valence-electron chi connectivity index (χ3n) is 4.07. The fourth-order valence-electron chi connectivity index (χ4n) is 2.42. The maximum atomic E-state index is 11.5. The molecule has 0 aromatic heterocycles. The van der Waals surface area contributed by atoms with E-state index in [1.54, 1.807) is 14.2 Å². The molecule has 1 aromatic carbocycles. The highest BCUT2D eigenvalue weighted by atomic mass is 127. The summed E-state index contributed by atoms with van der Waals surface area (Å²) in [6.45, 7) is 4.09. The molecule has 0 bridgehead atoms. The molecule has 1 aliphatic carbocycles. The molecule has 7 heteroatoms. The van der Waals surface area contributed by atoms with Crippen LogP contribution in [0.15, 0.2) is 23.2 Å². The van der Waals surface area contributed by atoms with E-state index >= 15 is 0 Å². The lowest BCUT2D eigenvalue weighted by molar-refractivity contribution is -0.122. The average Bonchev–Trinajstić information content (AvgIpc) is 3.43. The van der Waals surface area contributed by atoms with Gasteiger partial charge in [-0.25, -0.2) is 0 Å². The summed E-state index contributed by atoms with van der Waals surface area (Å²) in [7, 11) is 3.44.